The SMILES string of the molecule is CC1CC=CC=C1c1c[nH]c2ccc(F)cc12. The Labute approximate surface area is 99.7 Å². The van der Waals surface area contributed by atoms with Crippen LogP contribution < -0.4 is 0 Å². The minimum Gasteiger partial charge on any atom is -0.361 e. The molecule has 0 fully saturated rings. The number of fused-ring (bicyclic) bond motifs is 1. The number of hydrogen-bond donors (Lipinski definition) is 1. The van der Waals surface area contributed by atoms with E-state index in [0.29, 0.717) is 5.92 Å². The number of rotatable bonds is 1. The van der Waals surface area contributed by atoms with Crippen LogP contribution in [-0.2, 0) is 0 Å². The molecule has 0 aliphatic heterocycles. The van der Waals surface area contributed by atoms with Gasteiger partial charge in [-0.05, 0) is 36.1 Å². The van der Waals surface area contributed by atoms with Crippen LogP contribution in [0, 0.1) is 11.7 Å². The Morgan fingerprint density at radius 3 is 3.06 bits per heavy atom. The van der Waals surface area contributed by atoms with E-state index in [1.807, 2.05) is 6.20 Å². The number of halogens is 1. The van der Waals surface area contributed by atoms with Gasteiger partial charge in [0.1, 0.15) is 5.82 Å². The Kier molecular flexibility index (Phi) is 2.36. The number of aromatic amines is 1. The van der Waals surface area contributed by atoms with Crippen LogP contribution in [0.1, 0.15) is 18.9 Å². The van der Waals surface area contributed by atoms with E-state index in [2.05, 4.69) is 30.1 Å². The Morgan fingerprint density at radius 1 is 1.35 bits per heavy atom. The van der Waals surface area contributed by atoms with Crippen LogP contribution in [0.5, 0.6) is 0 Å². The van der Waals surface area contributed by atoms with Crippen molar-refractivity contribution in [3.05, 3.63) is 54.0 Å². The molecule has 2 heteroatoms. The highest BCUT2D eigenvalue weighted by Gasteiger charge is 2.15. The smallest absolute Gasteiger partial charge is 0.123 e. The second-order valence-corrected chi connectivity index (χ2v) is 4.58. The molecule has 1 unspecified atom stereocenters. The Balaban J connectivity index is 2.20. The lowest BCUT2D eigenvalue weighted by molar-refractivity contribution is 0.629. The molecule has 0 radical (unpaired) electrons. The number of H-pyrrole nitrogens is 1. The van der Waals surface area contributed by atoms with Gasteiger partial charge >= 0.3 is 0 Å². The molecule has 1 aliphatic carbocycles. The van der Waals surface area contributed by atoms with Crippen LogP contribution in [0.4, 0.5) is 4.39 Å². The fourth-order valence-electron chi connectivity index (χ4n) is 2.43. The Bertz CT molecular complexity index is 619. The molecule has 0 amide bonds. The van der Waals surface area contributed by atoms with Crippen molar-refractivity contribution in [3.8, 4) is 0 Å². The molecule has 0 saturated heterocycles. The monoisotopic (exact) mass is 227 g/mol. The zero-order valence-corrected chi connectivity index (χ0v) is 9.70. The molecule has 1 N–H and O–H groups in total. The number of allylic oxidation sites excluding steroid dienone is 4. The first kappa shape index (κ1) is 10.3. The number of nitrogens with one attached hydrogen (secondary N) is 1. The Morgan fingerprint density at radius 2 is 2.24 bits per heavy atom. The van der Waals surface area contributed by atoms with Crippen LogP contribution in [0.15, 0.2) is 42.6 Å². The second kappa shape index (κ2) is 3.88. The van der Waals surface area contributed by atoms with E-state index in [1.165, 1.54) is 11.6 Å². The maximum absolute atomic E-state index is 13.3. The van der Waals surface area contributed by atoms with Gasteiger partial charge in [-0.2, -0.15) is 0 Å². The van der Waals surface area contributed by atoms with E-state index < -0.39 is 0 Å². The molecular weight excluding hydrogens is 213 g/mol. The molecule has 17 heavy (non-hydrogen) atoms. The molecule has 1 aliphatic rings. The average molecular weight is 227 g/mol. The fourth-order valence-corrected chi connectivity index (χ4v) is 2.43. The predicted molar refractivity (Wildman–Crippen MR) is 69.2 cm³/mol. The number of hydrogen-bond acceptors (Lipinski definition) is 0. The molecule has 86 valence electrons. The summed E-state index contributed by atoms with van der Waals surface area (Å²) in [7, 11) is 0. The summed E-state index contributed by atoms with van der Waals surface area (Å²) in [4.78, 5) is 3.20. The molecule has 1 atom stereocenters. The molecule has 1 nitrogen and oxygen atoms in total. The summed E-state index contributed by atoms with van der Waals surface area (Å²) in [6.45, 7) is 2.20. The van der Waals surface area contributed by atoms with Crippen molar-refractivity contribution in [1.82, 2.24) is 4.98 Å². The minimum absolute atomic E-state index is 0.182. The lowest BCUT2D eigenvalue weighted by atomic mass is 9.88. The van der Waals surface area contributed by atoms with E-state index in [-0.39, 0.29) is 5.82 Å². The van der Waals surface area contributed by atoms with Gasteiger partial charge in [-0.1, -0.05) is 25.2 Å². The highest BCUT2D eigenvalue weighted by atomic mass is 19.1. The van der Waals surface area contributed by atoms with Gasteiger partial charge in [0.2, 0.25) is 0 Å². The minimum atomic E-state index is -0.182. The molecule has 1 aromatic carbocycles. The first-order chi connectivity index (χ1) is 8.25. The standard InChI is InChI=1S/C15H14FN/c1-10-4-2-3-5-12(10)14-9-17-15-7-6-11(16)8-13(14)15/h2-3,5-10,17H,4H2,1H3. The van der Waals surface area contributed by atoms with E-state index >= 15 is 0 Å². The first-order valence-electron chi connectivity index (χ1n) is 5.89. The fraction of sp³-hybridized carbons (Fsp3) is 0.200. The summed E-state index contributed by atoms with van der Waals surface area (Å²) in [5.74, 6) is 0.306. The topological polar surface area (TPSA) is 15.8 Å². The van der Waals surface area contributed by atoms with E-state index in [9.17, 15) is 4.39 Å². The normalized spacial score (nSPS) is 19.6. The third kappa shape index (κ3) is 1.70. The summed E-state index contributed by atoms with van der Waals surface area (Å²) in [5.41, 5.74) is 3.39. The Hall–Kier alpha value is -1.83. The highest BCUT2D eigenvalue weighted by Crippen LogP contribution is 2.33. The molecule has 1 aromatic heterocycles. The van der Waals surface area contributed by atoms with Crippen LogP contribution >= 0.6 is 0 Å². The van der Waals surface area contributed by atoms with Crippen molar-refractivity contribution < 1.29 is 4.39 Å². The maximum atomic E-state index is 13.3. The summed E-state index contributed by atoms with van der Waals surface area (Å²) < 4.78 is 13.3. The van der Waals surface area contributed by atoms with Crippen LogP contribution in [0.25, 0.3) is 16.5 Å². The maximum Gasteiger partial charge on any atom is 0.123 e. The van der Waals surface area contributed by atoms with Gasteiger partial charge in [-0.15, -0.1) is 0 Å². The van der Waals surface area contributed by atoms with Crippen LogP contribution in [0.3, 0.4) is 0 Å². The summed E-state index contributed by atoms with van der Waals surface area (Å²) in [6.07, 6.45) is 9.40. The molecule has 0 bridgehead atoms. The predicted octanol–water partition coefficient (Wildman–Crippen LogP) is 4.29. The van der Waals surface area contributed by atoms with Gasteiger partial charge in [-0.25, -0.2) is 4.39 Å². The van der Waals surface area contributed by atoms with Crippen molar-refractivity contribution in [1.29, 1.82) is 0 Å². The first-order valence-corrected chi connectivity index (χ1v) is 5.89. The molecule has 1 heterocycles. The molecule has 0 saturated carbocycles. The summed E-state index contributed by atoms with van der Waals surface area (Å²) in [6, 6.07) is 4.88. The quantitative estimate of drug-likeness (QED) is 0.748. The lowest BCUT2D eigenvalue weighted by Gasteiger charge is -2.16. The summed E-state index contributed by atoms with van der Waals surface area (Å²) in [5, 5.41) is 0.971. The van der Waals surface area contributed by atoms with Gasteiger partial charge in [-0.3, -0.25) is 0 Å². The molecule has 0 spiro atoms. The van der Waals surface area contributed by atoms with Crippen molar-refractivity contribution >= 4 is 16.5 Å². The average Bonchev–Trinajstić information content (AvgIpc) is 2.72. The van der Waals surface area contributed by atoms with Crippen LogP contribution in [0.2, 0.25) is 0 Å². The molecule has 2 aromatic rings. The largest absolute Gasteiger partial charge is 0.361 e. The third-order valence-electron chi connectivity index (χ3n) is 3.39. The molecular formula is C15H14FN. The highest BCUT2D eigenvalue weighted by molar-refractivity contribution is 5.93. The zero-order chi connectivity index (χ0) is 11.8. The number of aromatic nitrogens is 1. The summed E-state index contributed by atoms with van der Waals surface area (Å²) >= 11 is 0. The van der Waals surface area contributed by atoms with Gasteiger partial charge in [0.25, 0.3) is 0 Å². The van der Waals surface area contributed by atoms with Crippen molar-refractivity contribution in [3.63, 3.8) is 0 Å². The van der Waals surface area contributed by atoms with Crippen molar-refractivity contribution in [2.75, 3.05) is 0 Å². The van der Waals surface area contributed by atoms with Gasteiger partial charge in [0.05, 0.1) is 0 Å². The van der Waals surface area contributed by atoms with Gasteiger partial charge in [0.15, 0.2) is 0 Å². The second-order valence-electron chi connectivity index (χ2n) is 4.58. The van der Waals surface area contributed by atoms with Gasteiger partial charge < -0.3 is 4.98 Å². The van der Waals surface area contributed by atoms with E-state index in [0.717, 1.165) is 22.9 Å². The lowest BCUT2D eigenvalue weighted by Crippen LogP contribution is -1.99. The van der Waals surface area contributed by atoms with Crippen molar-refractivity contribution in [2.45, 2.75) is 13.3 Å². The van der Waals surface area contributed by atoms with E-state index in [1.54, 1.807) is 12.1 Å². The molecule has 3 rings (SSSR count). The third-order valence-corrected chi connectivity index (χ3v) is 3.39. The van der Waals surface area contributed by atoms with Crippen molar-refractivity contribution in [2.24, 2.45) is 5.92 Å². The van der Waals surface area contributed by atoms with Crippen LogP contribution in [-0.4, -0.2) is 4.98 Å². The van der Waals surface area contributed by atoms with E-state index in [4.69, 9.17) is 0 Å². The zero-order valence-electron chi connectivity index (χ0n) is 9.70. The number of benzene rings is 1. The van der Waals surface area contributed by atoms with Gasteiger partial charge in [0, 0.05) is 22.7 Å².